The number of nitrogens with two attached hydrogens (primary N) is 1. The maximum absolute atomic E-state index is 11.6. The summed E-state index contributed by atoms with van der Waals surface area (Å²) < 4.78 is 4.72. The van der Waals surface area contributed by atoms with Gasteiger partial charge in [-0.2, -0.15) is 5.26 Å². The molecule has 16 heavy (non-hydrogen) atoms. The Kier molecular flexibility index (Phi) is 4.03. The molecule has 0 aliphatic rings. The van der Waals surface area contributed by atoms with E-state index in [2.05, 4.69) is 6.07 Å². The third-order valence-corrected chi connectivity index (χ3v) is 2.42. The number of nitrogens with zero attached hydrogens (tertiary/aromatic N) is 1. The van der Waals surface area contributed by atoms with Gasteiger partial charge in [0.05, 0.1) is 24.3 Å². The highest BCUT2D eigenvalue weighted by atomic mass is 16.5. The SMILES string of the molecule is CCc1cc(C#N)cc(CN)c1C(=O)OC. The number of hydrogen-bond donors (Lipinski definition) is 1. The minimum atomic E-state index is -0.401. The Labute approximate surface area is 94.6 Å². The number of benzene rings is 1. The topological polar surface area (TPSA) is 76.1 Å². The lowest BCUT2D eigenvalue weighted by molar-refractivity contribution is 0.0598. The molecule has 1 aromatic carbocycles. The average Bonchev–Trinajstić information content (AvgIpc) is 2.35. The summed E-state index contributed by atoms with van der Waals surface area (Å²) in [5.41, 5.74) is 8.04. The van der Waals surface area contributed by atoms with Crippen LogP contribution in [0.1, 0.15) is 34.0 Å². The first-order valence-electron chi connectivity index (χ1n) is 5.02. The van der Waals surface area contributed by atoms with Crippen LogP contribution in [0.15, 0.2) is 12.1 Å². The quantitative estimate of drug-likeness (QED) is 0.777. The van der Waals surface area contributed by atoms with E-state index in [0.29, 0.717) is 23.1 Å². The van der Waals surface area contributed by atoms with Crippen LogP contribution in [0.2, 0.25) is 0 Å². The number of hydrogen-bond acceptors (Lipinski definition) is 4. The standard InChI is InChI=1S/C12H14N2O2/c1-3-9-4-8(6-13)5-10(7-14)11(9)12(15)16-2/h4-5H,3,7,14H2,1-2H3. The van der Waals surface area contributed by atoms with Crippen molar-refractivity contribution >= 4 is 5.97 Å². The van der Waals surface area contributed by atoms with Crippen LogP contribution in [-0.4, -0.2) is 13.1 Å². The maximum atomic E-state index is 11.6. The van der Waals surface area contributed by atoms with Gasteiger partial charge in [-0.25, -0.2) is 4.79 Å². The predicted molar refractivity (Wildman–Crippen MR) is 59.8 cm³/mol. The van der Waals surface area contributed by atoms with Crippen molar-refractivity contribution in [2.75, 3.05) is 7.11 Å². The van der Waals surface area contributed by atoms with Gasteiger partial charge in [-0.05, 0) is 29.7 Å². The van der Waals surface area contributed by atoms with Crippen LogP contribution in [0.25, 0.3) is 0 Å². The molecule has 0 aromatic heterocycles. The van der Waals surface area contributed by atoms with Crippen molar-refractivity contribution in [1.29, 1.82) is 5.26 Å². The number of methoxy groups -OCH3 is 1. The third kappa shape index (κ3) is 2.20. The van der Waals surface area contributed by atoms with Gasteiger partial charge in [0.1, 0.15) is 0 Å². The summed E-state index contributed by atoms with van der Waals surface area (Å²) in [7, 11) is 1.33. The molecule has 0 saturated carbocycles. The predicted octanol–water partition coefficient (Wildman–Crippen LogP) is 1.37. The third-order valence-electron chi connectivity index (χ3n) is 2.42. The second-order valence-corrected chi connectivity index (χ2v) is 3.33. The van der Waals surface area contributed by atoms with E-state index in [1.807, 2.05) is 6.92 Å². The van der Waals surface area contributed by atoms with E-state index in [-0.39, 0.29) is 6.54 Å². The zero-order chi connectivity index (χ0) is 12.1. The molecule has 1 aromatic rings. The van der Waals surface area contributed by atoms with Crippen molar-refractivity contribution in [3.8, 4) is 6.07 Å². The molecule has 0 aliphatic heterocycles. The zero-order valence-corrected chi connectivity index (χ0v) is 9.41. The Hall–Kier alpha value is -1.86. The highest BCUT2D eigenvalue weighted by Gasteiger charge is 2.16. The lowest BCUT2D eigenvalue weighted by Crippen LogP contribution is -2.12. The summed E-state index contributed by atoms with van der Waals surface area (Å²) in [5, 5.41) is 8.86. The number of aryl methyl sites for hydroxylation is 1. The highest BCUT2D eigenvalue weighted by Crippen LogP contribution is 2.19. The molecule has 0 atom stereocenters. The Morgan fingerprint density at radius 3 is 2.56 bits per heavy atom. The fraction of sp³-hybridized carbons (Fsp3) is 0.333. The number of ether oxygens (including phenoxy) is 1. The number of nitriles is 1. The van der Waals surface area contributed by atoms with Gasteiger partial charge in [-0.1, -0.05) is 6.92 Å². The van der Waals surface area contributed by atoms with Crippen LogP contribution >= 0.6 is 0 Å². The molecular weight excluding hydrogens is 204 g/mol. The number of carbonyl (C=O) groups excluding carboxylic acids is 1. The normalized spacial score (nSPS) is 9.62. The van der Waals surface area contributed by atoms with Crippen LogP contribution in [0.5, 0.6) is 0 Å². The van der Waals surface area contributed by atoms with Gasteiger partial charge in [-0.15, -0.1) is 0 Å². The number of rotatable bonds is 3. The van der Waals surface area contributed by atoms with E-state index in [1.54, 1.807) is 12.1 Å². The zero-order valence-electron chi connectivity index (χ0n) is 9.41. The molecule has 0 spiro atoms. The molecule has 0 bridgehead atoms. The van der Waals surface area contributed by atoms with Gasteiger partial charge in [0.25, 0.3) is 0 Å². The minimum Gasteiger partial charge on any atom is -0.465 e. The van der Waals surface area contributed by atoms with E-state index in [4.69, 9.17) is 15.7 Å². The Balaban J connectivity index is 3.44. The van der Waals surface area contributed by atoms with E-state index in [9.17, 15) is 4.79 Å². The van der Waals surface area contributed by atoms with Gasteiger partial charge in [0.15, 0.2) is 0 Å². The lowest BCUT2D eigenvalue weighted by Gasteiger charge is -2.11. The monoisotopic (exact) mass is 218 g/mol. The van der Waals surface area contributed by atoms with Crippen molar-refractivity contribution in [1.82, 2.24) is 0 Å². The van der Waals surface area contributed by atoms with Crippen LogP contribution in [0, 0.1) is 11.3 Å². The molecule has 4 nitrogen and oxygen atoms in total. The van der Waals surface area contributed by atoms with Crippen molar-refractivity contribution in [3.63, 3.8) is 0 Å². The first-order chi connectivity index (χ1) is 7.67. The largest absolute Gasteiger partial charge is 0.465 e. The summed E-state index contributed by atoms with van der Waals surface area (Å²) in [6.07, 6.45) is 0.660. The van der Waals surface area contributed by atoms with E-state index >= 15 is 0 Å². The Morgan fingerprint density at radius 2 is 2.12 bits per heavy atom. The molecule has 2 N–H and O–H groups in total. The summed E-state index contributed by atoms with van der Waals surface area (Å²) in [4.78, 5) is 11.6. The molecule has 0 saturated heterocycles. The van der Waals surface area contributed by atoms with Crippen molar-refractivity contribution in [3.05, 3.63) is 34.4 Å². The smallest absolute Gasteiger partial charge is 0.338 e. The molecule has 0 radical (unpaired) electrons. The summed E-state index contributed by atoms with van der Waals surface area (Å²) in [5.74, 6) is -0.401. The molecule has 4 heteroatoms. The van der Waals surface area contributed by atoms with Gasteiger partial charge < -0.3 is 10.5 Å². The first kappa shape index (κ1) is 12.2. The molecule has 84 valence electrons. The van der Waals surface area contributed by atoms with Crippen LogP contribution in [0.3, 0.4) is 0 Å². The molecule has 0 fully saturated rings. The van der Waals surface area contributed by atoms with Crippen LogP contribution in [-0.2, 0) is 17.7 Å². The summed E-state index contributed by atoms with van der Waals surface area (Å²) >= 11 is 0. The molecule has 0 heterocycles. The lowest BCUT2D eigenvalue weighted by atomic mass is 9.96. The van der Waals surface area contributed by atoms with E-state index < -0.39 is 5.97 Å². The van der Waals surface area contributed by atoms with Gasteiger partial charge in [-0.3, -0.25) is 0 Å². The molecular formula is C12H14N2O2. The van der Waals surface area contributed by atoms with Crippen LogP contribution in [0.4, 0.5) is 0 Å². The van der Waals surface area contributed by atoms with Crippen molar-refractivity contribution in [2.45, 2.75) is 19.9 Å². The van der Waals surface area contributed by atoms with Crippen molar-refractivity contribution < 1.29 is 9.53 Å². The molecule has 0 amide bonds. The van der Waals surface area contributed by atoms with E-state index in [1.165, 1.54) is 7.11 Å². The number of carbonyl (C=O) groups is 1. The van der Waals surface area contributed by atoms with Gasteiger partial charge in [0, 0.05) is 6.54 Å². The second-order valence-electron chi connectivity index (χ2n) is 3.33. The first-order valence-corrected chi connectivity index (χ1v) is 5.02. The fourth-order valence-corrected chi connectivity index (χ4v) is 1.64. The highest BCUT2D eigenvalue weighted by molar-refractivity contribution is 5.93. The molecule has 0 unspecified atom stereocenters. The van der Waals surface area contributed by atoms with Gasteiger partial charge >= 0.3 is 5.97 Å². The maximum Gasteiger partial charge on any atom is 0.338 e. The minimum absolute atomic E-state index is 0.215. The Morgan fingerprint density at radius 1 is 1.50 bits per heavy atom. The average molecular weight is 218 g/mol. The molecule has 1 rings (SSSR count). The fourth-order valence-electron chi connectivity index (χ4n) is 1.64. The summed E-state index contributed by atoms with van der Waals surface area (Å²) in [6, 6.07) is 5.38. The summed E-state index contributed by atoms with van der Waals surface area (Å²) in [6.45, 7) is 2.14. The van der Waals surface area contributed by atoms with Gasteiger partial charge in [0.2, 0.25) is 0 Å². The van der Waals surface area contributed by atoms with E-state index in [0.717, 1.165) is 5.56 Å². The van der Waals surface area contributed by atoms with Crippen molar-refractivity contribution in [2.24, 2.45) is 5.73 Å². The number of esters is 1. The molecule has 0 aliphatic carbocycles. The Bertz CT molecular complexity index is 422. The van der Waals surface area contributed by atoms with Crippen LogP contribution < -0.4 is 5.73 Å². The second kappa shape index (κ2) is 5.29.